The second-order valence-electron chi connectivity index (χ2n) is 5.02. The Morgan fingerprint density at radius 3 is 2.87 bits per heavy atom. The molecule has 2 heterocycles. The number of carbonyl (C=O) groups excluding carboxylic acids is 2. The minimum atomic E-state index is -0.456. The number of nitrogens with zero attached hydrogens (tertiary/aromatic N) is 2. The first-order valence-electron chi connectivity index (χ1n) is 7.23. The number of fused-ring (bicyclic) bond motifs is 1. The lowest BCUT2D eigenvalue weighted by atomic mass is 10.1. The van der Waals surface area contributed by atoms with Gasteiger partial charge in [-0.15, -0.1) is 0 Å². The Kier molecular flexibility index (Phi) is 4.05. The van der Waals surface area contributed by atoms with Gasteiger partial charge in [-0.25, -0.2) is 5.01 Å². The first-order chi connectivity index (χ1) is 11.2. The summed E-state index contributed by atoms with van der Waals surface area (Å²) in [5.41, 5.74) is 4.30. The molecule has 1 aromatic heterocycles. The number of carbonyl (C=O) groups is 2. The van der Waals surface area contributed by atoms with Crippen LogP contribution < -0.4 is 10.7 Å². The number of hydrazine groups is 1. The van der Waals surface area contributed by atoms with Crippen molar-refractivity contribution in [3.63, 3.8) is 0 Å². The van der Waals surface area contributed by atoms with Crippen LogP contribution in [-0.4, -0.2) is 28.0 Å². The molecule has 6 heteroatoms. The van der Waals surface area contributed by atoms with E-state index in [1.165, 1.54) is 11.2 Å². The maximum absolute atomic E-state index is 12.7. The third-order valence-corrected chi connectivity index (χ3v) is 3.48. The molecule has 2 amide bonds. The maximum atomic E-state index is 12.7. The number of amides is 2. The summed E-state index contributed by atoms with van der Waals surface area (Å²) in [6, 6.07) is 10.5. The number of nitrogens with one attached hydrogen (secondary N) is 2. The van der Waals surface area contributed by atoms with Crippen molar-refractivity contribution in [2.75, 3.05) is 5.32 Å². The number of anilines is 1. The van der Waals surface area contributed by atoms with E-state index >= 15 is 0 Å². The third-order valence-electron chi connectivity index (χ3n) is 3.48. The Balaban J connectivity index is 1.90. The van der Waals surface area contributed by atoms with Gasteiger partial charge >= 0.3 is 0 Å². The lowest BCUT2D eigenvalue weighted by Crippen LogP contribution is -2.56. The number of pyridine rings is 1. The Bertz CT molecular complexity index is 758. The summed E-state index contributed by atoms with van der Waals surface area (Å²) >= 11 is 0. The number of para-hydroxylation sites is 1. The van der Waals surface area contributed by atoms with Gasteiger partial charge in [-0.1, -0.05) is 18.2 Å². The maximum Gasteiger partial charge on any atom is 0.276 e. The van der Waals surface area contributed by atoms with E-state index in [2.05, 4.69) is 15.7 Å². The summed E-state index contributed by atoms with van der Waals surface area (Å²) < 4.78 is 0. The number of benzene rings is 1. The molecule has 1 aliphatic rings. The van der Waals surface area contributed by atoms with E-state index in [0.717, 1.165) is 5.69 Å². The molecule has 0 radical (unpaired) electrons. The molecule has 0 saturated carbocycles. The van der Waals surface area contributed by atoms with Crippen LogP contribution in [0.25, 0.3) is 0 Å². The van der Waals surface area contributed by atoms with Gasteiger partial charge in [0.1, 0.15) is 6.17 Å². The molecule has 6 nitrogen and oxygen atoms in total. The fraction of sp³-hybridized carbons (Fsp3) is 0.118. The zero-order valence-corrected chi connectivity index (χ0v) is 12.6. The Morgan fingerprint density at radius 1 is 1.30 bits per heavy atom. The smallest absolute Gasteiger partial charge is 0.276 e. The lowest BCUT2D eigenvalue weighted by Gasteiger charge is -2.35. The third kappa shape index (κ3) is 2.91. The van der Waals surface area contributed by atoms with Crippen LogP contribution in [0.5, 0.6) is 0 Å². The molecule has 23 heavy (non-hydrogen) atoms. The van der Waals surface area contributed by atoms with Crippen molar-refractivity contribution in [2.45, 2.75) is 13.1 Å². The van der Waals surface area contributed by atoms with Crippen molar-refractivity contribution < 1.29 is 9.59 Å². The lowest BCUT2D eigenvalue weighted by molar-refractivity contribution is 0.0534. The summed E-state index contributed by atoms with van der Waals surface area (Å²) in [4.78, 5) is 28.9. The van der Waals surface area contributed by atoms with Gasteiger partial charge in [0.25, 0.3) is 11.8 Å². The van der Waals surface area contributed by atoms with Crippen LogP contribution in [0.15, 0.2) is 60.9 Å². The summed E-state index contributed by atoms with van der Waals surface area (Å²) in [5, 5.41) is 4.51. The fourth-order valence-electron chi connectivity index (χ4n) is 2.38. The molecule has 2 aromatic rings. The normalized spacial score (nSPS) is 16.8. The predicted molar refractivity (Wildman–Crippen MR) is 86.5 cm³/mol. The minimum absolute atomic E-state index is 0.264. The first-order valence-corrected chi connectivity index (χ1v) is 7.23. The van der Waals surface area contributed by atoms with E-state index in [1.807, 2.05) is 25.1 Å². The van der Waals surface area contributed by atoms with Gasteiger partial charge in [-0.3, -0.25) is 20.0 Å². The molecule has 3 rings (SSSR count). The van der Waals surface area contributed by atoms with Gasteiger partial charge in [0.15, 0.2) is 0 Å². The SMILES string of the molecule is C/C=C/C1Nc2ccccc2C(=O)N1NC(=O)c1cccnc1. The average molecular weight is 308 g/mol. The molecule has 0 saturated heterocycles. The van der Waals surface area contributed by atoms with Crippen LogP contribution >= 0.6 is 0 Å². The van der Waals surface area contributed by atoms with E-state index in [-0.39, 0.29) is 11.8 Å². The van der Waals surface area contributed by atoms with Crippen molar-refractivity contribution in [2.24, 2.45) is 0 Å². The highest BCUT2D eigenvalue weighted by molar-refractivity contribution is 6.04. The molecular weight excluding hydrogens is 292 g/mol. The molecule has 0 spiro atoms. The van der Waals surface area contributed by atoms with Gasteiger partial charge in [0.05, 0.1) is 11.1 Å². The van der Waals surface area contributed by atoms with Crippen molar-refractivity contribution in [1.82, 2.24) is 15.4 Å². The van der Waals surface area contributed by atoms with Crippen LogP contribution in [0.3, 0.4) is 0 Å². The quantitative estimate of drug-likeness (QED) is 0.853. The minimum Gasteiger partial charge on any atom is -0.360 e. The highest BCUT2D eigenvalue weighted by Gasteiger charge is 2.31. The topological polar surface area (TPSA) is 74.3 Å². The molecule has 1 unspecified atom stereocenters. The van der Waals surface area contributed by atoms with Crippen molar-refractivity contribution in [3.05, 3.63) is 72.1 Å². The Labute approximate surface area is 133 Å². The van der Waals surface area contributed by atoms with Crippen LogP contribution in [0, 0.1) is 0 Å². The van der Waals surface area contributed by atoms with Crippen LogP contribution in [0.2, 0.25) is 0 Å². The number of hydrogen-bond acceptors (Lipinski definition) is 4. The summed E-state index contributed by atoms with van der Waals surface area (Å²) in [6.45, 7) is 1.85. The van der Waals surface area contributed by atoms with Crippen molar-refractivity contribution in [1.29, 1.82) is 0 Å². The summed E-state index contributed by atoms with van der Waals surface area (Å²) in [7, 11) is 0. The van der Waals surface area contributed by atoms with Crippen LogP contribution in [-0.2, 0) is 0 Å². The van der Waals surface area contributed by atoms with E-state index in [1.54, 1.807) is 36.5 Å². The molecule has 1 aromatic carbocycles. The zero-order valence-electron chi connectivity index (χ0n) is 12.6. The van der Waals surface area contributed by atoms with Crippen LogP contribution in [0.1, 0.15) is 27.6 Å². The highest BCUT2D eigenvalue weighted by Crippen LogP contribution is 2.24. The average Bonchev–Trinajstić information content (AvgIpc) is 2.59. The molecule has 2 N–H and O–H groups in total. The highest BCUT2D eigenvalue weighted by atomic mass is 16.2. The second-order valence-corrected chi connectivity index (χ2v) is 5.02. The molecule has 116 valence electrons. The number of allylic oxidation sites excluding steroid dienone is 1. The first kappa shape index (κ1) is 14.8. The van der Waals surface area contributed by atoms with Crippen molar-refractivity contribution in [3.8, 4) is 0 Å². The number of rotatable bonds is 3. The second kappa shape index (κ2) is 6.31. The summed E-state index contributed by atoms with van der Waals surface area (Å²) in [6.07, 6.45) is 6.21. The van der Waals surface area contributed by atoms with Crippen molar-refractivity contribution >= 4 is 17.5 Å². The standard InChI is InChI=1S/C17H16N4O2/c1-2-6-15-19-14-9-4-3-8-13(14)17(23)21(15)20-16(22)12-7-5-10-18-11-12/h2-11,15,19H,1H3,(H,20,22)/b6-2+. The van der Waals surface area contributed by atoms with E-state index < -0.39 is 6.17 Å². The van der Waals surface area contributed by atoms with E-state index in [9.17, 15) is 9.59 Å². The Hall–Kier alpha value is -3.15. The molecular formula is C17H16N4O2. The summed E-state index contributed by atoms with van der Waals surface area (Å²) in [5.74, 6) is -0.651. The fourth-order valence-corrected chi connectivity index (χ4v) is 2.38. The van der Waals surface area contributed by atoms with Gasteiger partial charge < -0.3 is 5.32 Å². The molecule has 0 bridgehead atoms. The largest absolute Gasteiger partial charge is 0.360 e. The Morgan fingerprint density at radius 2 is 2.13 bits per heavy atom. The molecule has 1 atom stereocenters. The number of hydrogen-bond donors (Lipinski definition) is 2. The van der Waals surface area contributed by atoms with Gasteiger partial charge in [-0.2, -0.15) is 0 Å². The van der Waals surface area contributed by atoms with Gasteiger partial charge in [0, 0.05) is 18.1 Å². The molecule has 1 aliphatic heterocycles. The van der Waals surface area contributed by atoms with E-state index in [0.29, 0.717) is 11.1 Å². The monoisotopic (exact) mass is 308 g/mol. The van der Waals surface area contributed by atoms with E-state index in [4.69, 9.17) is 0 Å². The van der Waals surface area contributed by atoms with Gasteiger partial charge in [-0.05, 0) is 37.3 Å². The van der Waals surface area contributed by atoms with Crippen LogP contribution in [0.4, 0.5) is 5.69 Å². The van der Waals surface area contributed by atoms with Gasteiger partial charge in [0.2, 0.25) is 0 Å². The molecule has 0 aliphatic carbocycles. The number of aromatic nitrogens is 1. The zero-order chi connectivity index (χ0) is 16.2. The predicted octanol–water partition coefficient (Wildman–Crippen LogP) is 2.20. The molecule has 0 fully saturated rings.